The molecule has 140 valence electrons. The first kappa shape index (κ1) is 19.1. The largest absolute Gasteiger partial charge is 0.347 e. The molecule has 1 amide bonds. The van der Waals surface area contributed by atoms with Crippen molar-refractivity contribution in [1.82, 2.24) is 5.32 Å². The highest BCUT2D eigenvalue weighted by molar-refractivity contribution is 7.92. The molecule has 0 atom stereocenters. The topological polar surface area (TPSA) is 66.5 Å². The van der Waals surface area contributed by atoms with E-state index in [-0.39, 0.29) is 10.8 Å². The van der Waals surface area contributed by atoms with E-state index in [2.05, 4.69) is 5.32 Å². The van der Waals surface area contributed by atoms with Crippen LogP contribution in [0.4, 0.5) is 5.69 Å². The monoisotopic (exact) mass is 400 g/mol. The molecule has 0 saturated carbocycles. The molecule has 3 aromatic rings. The van der Waals surface area contributed by atoms with Gasteiger partial charge < -0.3 is 5.32 Å². The number of hydrogen-bond donors (Lipinski definition) is 1. The molecule has 1 N–H and O–H groups in total. The van der Waals surface area contributed by atoms with E-state index in [0.29, 0.717) is 17.8 Å². The van der Waals surface area contributed by atoms with Crippen LogP contribution in [-0.2, 0) is 16.6 Å². The van der Waals surface area contributed by atoms with Crippen molar-refractivity contribution in [1.29, 1.82) is 0 Å². The minimum atomic E-state index is -3.65. The lowest BCUT2D eigenvalue weighted by atomic mass is 10.2. The smallest absolute Gasteiger partial charge is 0.264 e. The summed E-state index contributed by atoms with van der Waals surface area (Å²) in [6.45, 7) is 2.38. The van der Waals surface area contributed by atoms with Crippen LogP contribution in [0.5, 0.6) is 0 Å². The van der Waals surface area contributed by atoms with Crippen molar-refractivity contribution >= 4 is 33.0 Å². The van der Waals surface area contributed by atoms with Crippen LogP contribution in [0.3, 0.4) is 0 Å². The molecule has 0 unspecified atom stereocenters. The molecule has 7 heteroatoms. The molecule has 1 heterocycles. The summed E-state index contributed by atoms with van der Waals surface area (Å²) in [6.07, 6.45) is 0. The first-order valence-corrected chi connectivity index (χ1v) is 10.7. The first-order chi connectivity index (χ1) is 12.9. The number of nitrogens with zero attached hydrogens (tertiary/aromatic N) is 1. The number of carbonyl (C=O) groups is 1. The highest BCUT2D eigenvalue weighted by atomic mass is 32.2. The van der Waals surface area contributed by atoms with Crippen molar-refractivity contribution in [2.24, 2.45) is 0 Å². The lowest BCUT2D eigenvalue weighted by Crippen LogP contribution is -2.27. The van der Waals surface area contributed by atoms with E-state index in [9.17, 15) is 13.2 Å². The van der Waals surface area contributed by atoms with E-state index >= 15 is 0 Å². The van der Waals surface area contributed by atoms with Crippen molar-refractivity contribution < 1.29 is 13.2 Å². The molecule has 0 aliphatic carbocycles. The van der Waals surface area contributed by atoms with Gasteiger partial charge in [0.05, 0.1) is 17.1 Å². The Hall–Kier alpha value is -2.64. The van der Waals surface area contributed by atoms with Gasteiger partial charge >= 0.3 is 0 Å². The maximum atomic E-state index is 12.7. The zero-order valence-corrected chi connectivity index (χ0v) is 16.7. The number of hydrogen-bond acceptors (Lipinski definition) is 4. The fourth-order valence-electron chi connectivity index (χ4n) is 2.51. The molecule has 0 radical (unpaired) electrons. The number of carbonyl (C=O) groups excluding carboxylic acids is 1. The van der Waals surface area contributed by atoms with Crippen LogP contribution in [0.1, 0.15) is 20.8 Å². The average molecular weight is 401 g/mol. The molecule has 0 bridgehead atoms. The zero-order valence-electron chi connectivity index (χ0n) is 15.0. The summed E-state index contributed by atoms with van der Waals surface area (Å²) in [6, 6.07) is 17.1. The minimum absolute atomic E-state index is 0.195. The number of nitrogens with one attached hydrogen (secondary N) is 1. The van der Waals surface area contributed by atoms with Crippen LogP contribution < -0.4 is 9.62 Å². The van der Waals surface area contributed by atoms with Crippen molar-refractivity contribution in [3.05, 3.63) is 82.0 Å². The van der Waals surface area contributed by atoms with E-state index in [0.717, 1.165) is 10.4 Å². The Morgan fingerprint density at radius 1 is 1.04 bits per heavy atom. The van der Waals surface area contributed by atoms with Gasteiger partial charge in [0, 0.05) is 17.5 Å². The third-order valence-corrected chi connectivity index (χ3v) is 6.85. The number of anilines is 1. The predicted molar refractivity (Wildman–Crippen MR) is 109 cm³/mol. The molecule has 0 saturated heterocycles. The number of amides is 1. The standard InChI is InChI=1S/C20H20N2O3S2/c1-15-5-11-19(12-6-15)27(24,25)22(2)17-9-7-16(8-10-17)20(23)21-14-18-4-3-13-26-18/h3-13H,14H2,1-2H3,(H,21,23). The highest BCUT2D eigenvalue weighted by Crippen LogP contribution is 2.22. The van der Waals surface area contributed by atoms with Gasteiger partial charge in [-0.3, -0.25) is 9.10 Å². The Kier molecular flexibility index (Phi) is 5.62. The number of sulfonamides is 1. The number of rotatable bonds is 6. The second-order valence-electron chi connectivity index (χ2n) is 6.09. The maximum Gasteiger partial charge on any atom is 0.264 e. The summed E-state index contributed by atoms with van der Waals surface area (Å²) in [5.41, 5.74) is 1.97. The van der Waals surface area contributed by atoms with Crippen LogP contribution >= 0.6 is 11.3 Å². The van der Waals surface area contributed by atoms with Crippen LogP contribution in [0, 0.1) is 6.92 Å². The zero-order chi connectivity index (χ0) is 19.4. The number of thiophene rings is 1. The fourth-order valence-corrected chi connectivity index (χ4v) is 4.35. The van der Waals surface area contributed by atoms with Gasteiger partial charge in [-0.2, -0.15) is 0 Å². The van der Waals surface area contributed by atoms with Gasteiger partial charge in [0.2, 0.25) is 0 Å². The Labute approximate surface area is 163 Å². The molecule has 0 aliphatic rings. The van der Waals surface area contributed by atoms with E-state index < -0.39 is 10.0 Å². The minimum Gasteiger partial charge on any atom is -0.347 e. The Morgan fingerprint density at radius 2 is 1.70 bits per heavy atom. The van der Waals surface area contributed by atoms with E-state index in [4.69, 9.17) is 0 Å². The second kappa shape index (κ2) is 7.94. The van der Waals surface area contributed by atoms with Crippen molar-refractivity contribution in [3.8, 4) is 0 Å². The maximum absolute atomic E-state index is 12.7. The third kappa shape index (κ3) is 4.37. The molecule has 3 rings (SSSR count). The summed E-state index contributed by atoms with van der Waals surface area (Å²) < 4.78 is 26.7. The summed E-state index contributed by atoms with van der Waals surface area (Å²) >= 11 is 1.58. The van der Waals surface area contributed by atoms with Gasteiger partial charge in [0.25, 0.3) is 15.9 Å². The molecule has 0 fully saturated rings. The normalized spacial score (nSPS) is 11.2. The predicted octanol–water partition coefficient (Wildman–Crippen LogP) is 3.81. The average Bonchev–Trinajstić information content (AvgIpc) is 3.19. The summed E-state index contributed by atoms with van der Waals surface area (Å²) in [5, 5.41) is 4.81. The van der Waals surface area contributed by atoms with E-state index in [1.807, 2.05) is 24.4 Å². The Morgan fingerprint density at radius 3 is 2.30 bits per heavy atom. The van der Waals surface area contributed by atoms with Crippen molar-refractivity contribution in [2.45, 2.75) is 18.4 Å². The van der Waals surface area contributed by atoms with Crippen LogP contribution in [0.2, 0.25) is 0 Å². The van der Waals surface area contributed by atoms with Gasteiger partial charge in [0.1, 0.15) is 0 Å². The van der Waals surface area contributed by atoms with Gasteiger partial charge in [-0.05, 0) is 54.8 Å². The quantitative estimate of drug-likeness (QED) is 0.684. The number of benzene rings is 2. The van der Waals surface area contributed by atoms with Crippen LogP contribution in [-0.4, -0.2) is 21.4 Å². The molecular weight excluding hydrogens is 380 g/mol. The lowest BCUT2D eigenvalue weighted by Gasteiger charge is -2.20. The summed E-state index contributed by atoms with van der Waals surface area (Å²) in [7, 11) is -2.15. The van der Waals surface area contributed by atoms with Gasteiger partial charge in [0.15, 0.2) is 0 Å². The SMILES string of the molecule is Cc1ccc(S(=O)(=O)N(C)c2ccc(C(=O)NCc3cccs3)cc2)cc1. The van der Waals surface area contributed by atoms with E-state index in [1.165, 1.54) is 11.4 Å². The lowest BCUT2D eigenvalue weighted by molar-refractivity contribution is 0.0951. The molecule has 0 spiro atoms. The number of aryl methyl sites for hydroxylation is 1. The van der Waals surface area contributed by atoms with E-state index in [1.54, 1.807) is 59.9 Å². The summed E-state index contributed by atoms with van der Waals surface area (Å²) in [4.78, 5) is 13.5. The van der Waals surface area contributed by atoms with Gasteiger partial charge in [-0.15, -0.1) is 11.3 Å². The molecule has 27 heavy (non-hydrogen) atoms. The Bertz CT molecular complexity index is 1010. The second-order valence-corrected chi connectivity index (χ2v) is 9.10. The molecule has 0 aliphatic heterocycles. The molecular formula is C20H20N2O3S2. The summed E-state index contributed by atoms with van der Waals surface area (Å²) in [5.74, 6) is -0.195. The third-order valence-electron chi connectivity index (χ3n) is 4.18. The van der Waals surface area contributed by atoms with Crippen molar-refractivity contribution in [3.63, 3.8) is 0 Å². The van der Waals surface area contributed by atoms with Crippen LogP contribution in [0.15, 0.2) is 70.9 Å². The fraction of sp³-hybridized carbons (Fsp3) is 0.150. The Balaban J connectivity index is 1.72. The highest BCUT2D eigenvalue weighted by Gasteiger charge is 2.21. The molecule has 5 nitrogen and oxygen atoms in total. The molecule has 1 aromatic heterocycles. The molecule has 2 aromatic carbocycles. The van der Waals surface area contributed by atoms with Crippen LogP contribution in [0.25, 0.3) is 0 Å². The van der Waals surface area contributed by atoms with Gasteiger partial charge in [-0.25, -0.2) is 8.42 Å². The van der Waals surface area contributed by atoms with Gasteiger partial charge in [-0.1, -0.05) is 23.8 Å². The first-order valence-electron chi connectivity index (χ1n) is 8.34. The van der Waals surface area contributed by atoms with Crippen molar-refractivity contribution in [2.75, 3.05) is 11.4 Å².